The van der Waals surface area contributed by atoms with Gasteiger partial charge in [-0.25, -0.2) is 4.98 Å². The molecular formula is C19H24ClN3O. The van der Waals surface area contributed by atoms with Gasteiger partial charge >= 0.3 is 0 Å². The Morgan fingerprint density at radius 1 is 1.17 bits per heavy atom. The Morgan fingerprint density at radius 2 is 1.96 bits per heavy atom. The molecule has 1 aliphatic rings. The van der Waals surface area contributed by atoms with Crippen molar-refractivity contribution in [3.63, 3.8) is 0 Å². The summed E-state index contributed by atoms with van der Waals surface area (Å²) in [5.74, 6) is 1.20. The Labute approximate surface area is 148 Å². The first-order valence-electron chi connectivity index (χ1n) is 8.55. The highest BCUT2D eigenvalue weighted by molar-refractivity contribution is 6.30. The zero-order valence-corrected chi connectivity index (χ0v) is 15.0. The van der Waals surface area contributed by atoms with Crippen molar-refractivity contribution in [3.05, 3.63) is 53.4 Å². The number of likely N-dealkylation sites (tertiary alicyclic amines) is 1. The molecule has 128 valence electrons. The van der Waals surface area contributed by atoms with Crippen LogP contribution in [-0.4, -0.2) is 34.1 Å². The van der Waals surface area contributed by atoms with Gasteiger partial charge in [0.05, 0.1) is 5.02 Å². The average Bonchev–Trinajstić information content (AvgIpc) is 2.59. The molecule has 2 aromatic rings. The molecule has 1 fully saturated rings. The van der Waals surface area contributed by atoms with E-state index in [0.29, 0.717) is 22.9 Å². The van der Waals surface area contributed by atoms with Crippen LogP contribution in [0.3, 0.4) is 0 Å². The van der Waals surface area contributed by atoms with Crippen LogP contribution in [-0.2, 0) is 0 Å². The van der Waals surface area contributed by atoms with Crippen LogP contribution < -0.4 is 4.74 Å². The Balaban J connectivity index is 1.60. The van der Waals surface area contributed by atoms with Crippen LogP contribution in [0.2, 0.25) is 5.02 Å². The first kappa shape index (κ1) is 17.2. The van der Waals surface area contributed by atoms with E-state index in [-0.39, 0.29) is 6.10 Å². The van der Waals surface area contributed by atoms with Crippen molar-refractivity contribution in [1.82, 2.24) is 14.9 Å². The van der Waals surface area contributed by atoms with Gasteiger partial charge in [-0.1, -0.05) is 31.5 Å². The van der Waals surface area contributed by atoms with Gasteiger partial charge in [-0.05, 0) is 36.5 Å². The molecule has 0 N–H and O–H groups in total. The number of hydrogen-bond acceptors (Lipinski definition) is 4. The Kier molecular flexibility index (Phi) is 5.69. The number of aromatic nitrogens is 2. The highest BCUT2D eigenvalue weighted by Gasteiger charge is 2.29. The van der Waals surface area contributed by atoms with Crippen LogP contribution in [0.25, 0.3) is 0 Å². The van der Waals surface area contributed by atoms with Crippen LogP contribution in [0.1, 0.15) is 38.3 Å². The first-order valence-corrected chi connectivity index (χ1v) is 8.93. The van der Waals surface area contributed by atoms with Crippen LogP contribution in [0.5, 0.6) is 5.88 Å². The predicted molar refractivity (Wildman–Crippen MR) is 96.3 cm³/mol. The largest absolute Gasteiger partial charge is 0.474 e. The lowest BCUT2D eigenvalue weighted by Gasteiger charge is -2.39. The summed E-state index contributed by atoms with van der Waals surface area (Å²) in [5.41, 5.74) is 1.30. The quantitative estimate of drug-likeness (QED) is 0.806. The molecule has 0 bridgehead atoms. The summed E-state index contributed by atoms with van der Waals surface area (Å²) in [7, 11) is 0. The lowest BCUT2D eigenvalue weighted by Crippen LogP contribution is -2.42. The molecule has 0 saturated carbocycles. The van der Waals surface area contributed by atoms with Gasteiger partial charge in [-0.15, -0.1) is 0 Å². The maximum atomic E-state index is 6.00. The van der Waals surface area contributed by atoms with Crippen molar-refractivity contribution in [2.24, 2.45) is 5.92 Å². The maximum absolute atomic E-state index is 6.00. The van der Waals surface area contributed by atoms with Crippen LogP contribution >= 0.6 is 11.6 Å². The summed E-state index contributed by atoms with van der Waals surface area (Å²) in [5, 5.41) is 0.633. The van der Waals surface area contributed by atoms with Crippen molar-refractivity contribution >= 4 is 11.6 Å². The summed E-state index contributed by atoms with van der Waals surface area (Å²) in [6.45, 7) is 6.60. The normalized spacial score (nSPS) is 17.8. The molecule has 24 heavy (non-hydrogen) atoms. The number of pyridine rings is 2. The number of piperidine rings is 1. The highest BCUT2D eigenvalue weighted by Crippen LogP contribution is 2.31. The van der Waals surface area contributed by atoms with E-state index in [2.05, 4.69) is 34.8 Å². The van der Waals surface area contributed by atoms with Gasteiger partial charge in [-0.3, -0.25) is 9.88 Å². The standard InChI is InChI=1S/C19H24ClN3O/c1-14(2)19(15-4-3-9-21-12-15)23-10-7-17(8-11-23)24-18-6-5-16(20)13-22-18/h3-6,9,12-14,17,19H,7-8,10-11H2,1-2H3. The van der Waals surface area contributed by atoms with E-state index >= 15 is 0 Å². The van der Waals surface area contributed by atoms with Crippen molar-refractivity contribution in [2.45, 2.75) is 38.8 Å². The van der Waals surface area contributed by atoms with E-state index in [1.165, 1.54) is 5.56 Å². The van der Waals surface area contributed by atoms with Gasteiger partial charge in [0.25, 0.3) is 0 Å². The second-order valence-corrected chi connectivity index (χ2v) is 7.08. The number of rotatable bonds is 5. The highest BCUT2D eigenvalue weighted by atomic mass is 35.5. The van der Waals surface area contributed by atoms with Gasteiger partial charge in [0, 0.05) is 43.8 Å². The topological polar surface area (TPSA) is 38.2 Å². The Morgan fingerprint density at radius 3 is 2.54 bits per heavy atom. The molecule has 0 radical (unpaired) electrons. The molecule has 5 heteroatoms. The number of hydrogen-bond donors (Lipinski definition) is 0. The lowest BCUT2D eigenvalue weighted by molar-refractivity contribution is 0.0579. The summed E-state index contributed by atoms with van der Waals surface area (Å²) in [4.78, 5) is 11.1. The zero-order chi connectivity index (χ0) is 16.9. The van der Waals surface area contributed by atoms with Gasteiger partial charge in [0.15, 0.2) is 0 Å². The van der Waals surface area contributed by atoms with Gasteiger partial charge < -0.3 is 4.74 Å². The Hall–Kier alpha value is -1.65. The molecule has 0 amide bonds. The van der Waals surface area contributed by atoms with E-state index in [0.717, 1.165) is 25.9 Å². The minimum absolute atomic E-state index is 0.219. The van der Waals surface area contributed by atoms with Gasteiger partial charge in [0.1, 0.15) is 6.10 Å². The third-order valence-electron chi connectivity index (χ3n) is 4.52. The van der Waals surface area contributed by atoms with E-state index in [1.54, 1.807) is 6.20 Å². The fourth-order valence-corrected chi connectivity index (χ4v) is 3.55. The third kappa shape index (κ3) is 4.25. The van der Waals surface area contributed by atoms with Gasteiger partial charge in [-0.2, -0.15) is 0 Å². The fourth-order valence-electron chi connectivity index (χ4n) is 3.44. The molecule has 1 aliphatic heterocycles. The van der Waals surface area contributed by atoms with Crippen molar-refractivity contribution < 1.29 is 4.74 Å². The number of halogens is 1. The third-order valence-corrected chi connectivity index (χ3v) is 4.74. The molecule has 4 nitrogen and oxygen atoms in total. The number of ether oxygens (including phenoxy) is 1. The van der Waals surface area contributed by atoms with E-state index < -0.39 is 0 Å². The minimum Gasteiger partial charge on any atom is -0.474 e. The molecule has 0 aliphatic carbocycles. The molecule has 1 unspecified atom stereocenters. The van der Waals surface area contributed by atoms with Crippen LogP contribution in [0.15, 0.2) is 42.9 Å². The summed E-state index contributed by atoms with van der Waals surface area (Å²) in [6, 6.07) is 8.26. The Bertz CT molecular complexity index is 625. The summed E-state index contributed by atoms with van der Waals surface area (Å²) < 4.78 is 6.00. The smallest absolute Gasteiger partial charge is 0.213 e. The second kappa shape index (κ2) is 7.95. The van der Waals surface area contributed by atoms with Crippen molar-refractivity contribution in [1.29, 1.82) is 0 Å². The molecule has 2 aromatic heterocycles. The van der Waals surface area contributed by atoms with E-state index in [4.69, 9.17) is 16.3 Å². The average molecular weight is 346 g/mol. The molecule has 0 spiro atoms. The fraction of sp³-hybridized carbons (Fsp3) is 0.474. The zero-order valence-electron chi connectivity index (χ0n) is 14.2. The van der Waals surface area contributed by atoms with Crippen LogP contribution in [0, 0.1) is 5.92 Å². The second-order valence-electron chi connectivity index (χ2n) is 6.64. The van der Waals surface area contributed by atoms with E-state index in [1.807, 2.05) is 30.6 Å². The maximum Gasteiger partial charge on any atom is 0.213 e. The monoisotopic (exact) mass is 345 g/mol. The number of nitrogens with zero attached hydrogens (tertiary/aromatic N) is 3. The lowest BCUT2D eigenvalue weighted by atomic mass is 9.93. The molecule has 1 atom stereocenters. The SMILES string of the molecule is CC(C)C(c1cccnc1)N1CCC(Oc2ccc(Cl)cn2)CC1. The van der Waals surface area contributed by atoms with Crippen molar-refractivity contribution in [2.75, 3.05) is 13.1 Å². The molecule has 3 rings (SSSR count). The van der Waals surface area contributed by atoms with Crippen LogP contribution in [0.4, 0.5) is 0 Å². The predicted octanol–water partition coefficient (Wildman–Crippen LogP) is 4.37. The summed E-state index contributed by atoms with van der Waals surface area (Å²) in [6.07, 6.45) is 7.69. The van der Waals surface area contributed by atoms with Crippen molar-refractivity contribution in [3.8, 4) is 5.88 Å². The first-order chi connectivity index (χ1) is 11.6. The molecule has 1 saturated heterocycles. The van der Waals surface area contributed by atoms with Gasteiger partial charge in [0.2, 0.25) is 5.88 Å². The molecule has 0 aromatic carbocycles. The minimum atomic E-state index is 0.219. The molecular weight excluding hydrogens is 322 g/mol. The van der Waals surface area contributed by atoms with E-state index in [9.17, 15) is 0 Å². The summed E-state index contributed by atoms with van der Waals surface area (Å²) >= 11 is 5.87. The molecule has 3 heterocycles.